The Hall–Kier alpha value is -0.0800. The lowest BCUT2D eigenvalue weighted by molar-refractivity contribution is 0.0401. The van der Waals surface area contributed by atoms with Crippen LogP contribution in [0.15, 0.2) is 0 Å². The Morgan fingerprint density at radius 2 is 1.53 bits per heavy atom. The second-order valence-corrected chi connectivity index (χ2v) is 6.29. The lowest BCUT2D eigenvalue weighted by Gasteiger charge is -2.48. The van der Waals surface area contributed by atoms with E-state index in [1.807, 2.05) is 0 Å². The van der Waals surface area contributed by atoms with E-state index < -0.39 is 0 Å². The van der Waals surface area contributed by atoms with Crippen molar-refractivity contribution < 1.29 is 0 Å². The summed E-state index contributed by atoms with van der Waals surface area (Å²) in [5.74, 6) is 0. The molecule has 0 aromatic heterocycles. The van der Waals surface area contributed by atoms with Crippen molar-refractivity contribution >= 4 is 0 Å². The van der Waals surface area contributed by atoms with Crippen molar-refractivity contribution in [2.75, 3.05) is 19.6 Å². The predicted octanol–water partition coefficient (Wildman–Crippen LogP) is 2.38. The van der Waals surface area contributed by atoms with E-state index in [2.05, 4.69) is 18.7 Å². The zero-order chi connectivity index (χ0) is 10.9. The molecular formula is C13H26N2. The van der Waals surface area contributed by atoms with Gasteiger partial charge < -0.3 is 5.73 Å². The number of likely N-dealkylation sites (tertiary alicyclic amines) is 1. The average Bonchev–Trinajstić information content (AvgIpc) is 2.72. The van der Waals surface area contributed by atoms with Gasteiger partial charge in [-0.3, -0.25) is 4.90 Å². The molecule has 2 fully saturated rings. The van der Waals surface area contributed by atoms with Gasteiger partial charge in [-0.15, -0.1) is 0 Å². The van der Waals surface area contributed by atoms with Gasteiger partial charge in [0, 0.05) is 12.1 Å². The summed E-state index contributed by atoms with van der Waals surface area (Å²) in [6, 6.07) is 0. The molecule has 2 rings (SSSR count). The molecule has 0 spiro atoms. The normalized spacial score (nSPS) is 30.6. The van der Waals surface area contributed by atoms with Crippen LogP contribution in [0, 0.1) is 5.41 Å². The third-order valence-electron chi connectivity index (χ3n) is 4.69. The molecule has 0 bridgehead atoms. The smallest absolute Gasteiger partial charge is 0.0332 e. The summed E-state index contributed by atoms with van der Waals surface area (Å²) in [6.07, 6.45) is 8.09. The van der Waals surface area contributed by atoms with Crippen molar-refractivity contribution in [3.63, 3.8) is 0 Å². The molecule has 2 N–H and O–H groups in total. The highest BCUT2D eigenvalue weighted by molar-refractivity contribution is 4.99. The van der Waals surface area contributed by atoms with Gasteiger partial charge in [0.15, 0.2) is 0 Å². The number of hydrogen-bond acceptors (Lipinski definition) is 2. The van der Waals surface area contributed by atoms with Crippen LogP contribution in [0.2, 0.25) is 0 Å². The Morgan fingerprint density at radius 1 is 1.00 bits per heavy atom. The zero-order valence-corrected chi connectivity index (χ0v) is 10.4. The molecule has 1 aliphatic heterocycles. The van der Waals surface area contributed by atoms with Crippen molar-refractivity contribution in [1.82, 2.24) is 4.90 Å². The SMILES string of the molecule is CC1(C)CCC(CN)(N2CCCC2)CC1. The summed E-state index contributed by atoms with van der Waals surface area (Å²) in [6.45, 7) is 8.24. The van der Waals surface area contributed by atoms with Gasteiger partial charge in [-0.25, -0.2) is 0 Å². The summed E-state index contributed by atoms with van der Waals surface area (Å²) in [5.41, 5.74) is 6.99. The fourth-order valence-corrected chi connectivity index (χ4v) is 3.23. The van der Waals surface area contributed by atoms with E-state index in [9.17, 15) is 0 Å². The van der Waals surface area contributed by atoms with Gasteiger partial charge in [0.1, 0.15) is 0 Å². The van der Waals surface area contributed by atoms with Gasteiger partial charge in [0.25, 0.3) is 0 Å². The van der Waals surface area contributed by atoms with Crippen LogP contribution in [0.4, 0.5) is 0 Å². The van der Waals surface area contributed by atoms with Gasteiger partial charge in [-0.05, 0) is 57.0 Å². The van der Waals surface area contributed by atoms with Crippen LogP contribution in [0.3, 0.4) is 0 Å². The van der Waals surface area contributed by atoms with E-state index in [0.717, 1.165) is 6.54 Å². The molecule has 15 heavy (non-hydrogen) atoms. The molecule has 1 saturated heterocycles. The third kappa shape index (κ3) is 2.21. The largest absolute Gasteiger partial charge is 0.329 e. The maximum absolute atomic E-state index is 6.06. The first-order chi connectivity index (χ1) is 7.08. The quantitative estimate of drug-likeness (QED) is 0.758. The molecule has 2 aliphatic rings. The summed E-state index contributed by atoms with van der Waals surface area (Å²) >= 11 is 0. The van der Waals surface area contributed by atoms with Crippen molar-refractivity contribution in [1.29, 1.82) is 0 Å². The Balaban J connectivity index is 2.03. The number of rotatable bonds is 2. The van der Waals surface area contributed by atoms with Gasteiger partial charge >= 0.3 is 0 Å². The van der Waals surface area contributed by atoms with Crippen LogP contribution in [0.5, 0.6) is 0 Å². The molecule has 1 aliphatic carbocycles. The molecule has 0 radical (unpaired) electrons. The minimum atomic E-state index is 0.367. The monoisotopic (exact) mass is 210 g/mol. The fourth-order valence-electron chi connectivity index (χ4n) is 3.23. The molecule has 0 unspecified atom stereocenters. The topological polar surface area (TPSA) is 29.3 Å². The second-order valence-electron chi connectivity index (χ2n) is 6.29. The molecule has 0 aromatic rings. The Labute approximate surface area is 94.2 Å². The first-order valence-corrected chi connectivity index (χ1v) is 6.53. The third-order valence-corrected chi connectivity index (χ3v) is 4.69. The first kappa shape index (κ1) is 11.4. The van der Waals surface area contributed by atoms with Gasteiger partial charge in [0.05, 0.1) is 0 Å². The highest BCUT2D eigenvalue weighted by atomic mass is 15.2. The van der Waals surface area contributed by atoms with Gasteiger partial charge in [-0.1, -0.05) is 13.8 Å². The average molecular weight is 210 g/mol. The Morgan fingerprint density at radius 3 is 2.00 bits per heavy atom. The summed E-state index contributed by atoms with van der Waals surface area (Å²) in [7, 11) is 0. The predicted molar refractivity (Wildman–Crippen MR) is 64.8 cm³/mol. The van der Waals surface area contributed by atoms with E-state index >= 15 is 0 Å². The number of hydrogen-bond donors (Lipinski definition) is 1. The molecule has 1 heterocycles. The highest BCUT2D eigenvalue weighted by Gasteiger charge is 2.42. The van der Waals surface area contributed by atoms with E-state index in [0.29, 0.717) is 11.0 Å². The van der Waals surface area contributed by atoms with E-state index in [1.54, 1.807) is 0 Å². The minimum Gasteiger partial charge on any atom is -0.329 e. The van der Waals surface area contributed by atoms with Crippen LogP contribution in [0.1, 0.15) is 52.4 Å². The molecule has 0 amide bonds. The van der Waals surface area contributed by atoms with E-state index in [1.165, 1.54) is 51.6 Å². The summed E-state index contributed by atoms with van der Waals surface area (Å²) in [4.78, 5) is 2.68. The second kappa shape index (κ2) is 4.06. The van der Waals surface area contributed by atoms with Crippen LogP contribution in [-0.4, -0.2) is 30.1 Å². The van der Waals surface area contributed by atoms with Crippen molar-refractivity contribution in [2.45, 2.75) is 57.9 Å². The molecule has 88 valence electrons. The molecule has 2 nitrogen and oxygen atoms in total. The maximum atomic E-state index is 6.06. The van der Waals surface area contributed by atoms with E-state index in [4.69, 9.17) is 5.73 Å². The number of nitrogens with two attached hydrogens (primary N) is 1. The minimum absolute atomic E-state index is 0.367. The van der Waals surface area contributed by atoms with Crippen LogP contribution >= 0.6 is 0 Å². The van der Waals surface area contributed by atoms with Crippen LogP contribution in [0.25, 0.3) is 0 Å². The summed E-state index contributed by atoms with van der Waals surface area (Å²) in [5, 5.41) is 0. The van der Waals surface area contributed by atoms with E-state index in [-0.39, 0.29) is 0 Å². The molecule has 1 saturated carbocycles. The first-order valence-electron chi connectivity index (χ1n) is 6.53. The summed E-state index contributed by atoms with van der Waals surface area (Å²) < 4.78 is 0. The standard InChI is InChI=1S/C13H26N2/c1-12(2)5-7-13(11-14,8-6-12)15-9-3-4-10-15/h3-11,14H2,1-2H3. The fraction of sp³-hybridized carbons (Fsp3) is 1.00. The van der Waals surface area contributed by atoms with Crippen LogP contribution in [-0.2, 0) is 0 Å². The Kier molecular flexibility index (Phi) is 3.09. The van der Waals surface area contributed by atoms with Crippen molar-refractivity contribution in [3.05, 3.63) is 0 Å². The Bertz CT molecular complexity index is 207. The zero-order valence-electron chi connectivity index (χ0n) is 10.4. The van der Waals surface area contributed by atoms with Gasteiger partial charge in [0.2, 0.25) is 0 Å². The maximum Gasteiger partial charge on any atom is 0.0332 e. The van der Waals surface area contributed by atoms with Gasteiger partial charge in [-0.2, -0.15) is 0 Å². The lowest BCUT2D eigenvalue weighted by Crippen LogP contribution is -2.55. The molecule has 2 heteroatoms. The lowest BCUT2D eigenvalue weighted by atomic mass is 9.69. The van der Waals surface area contributed by atoms with Crippen LogP contribution < -0.4 is 5.73 Å². The van der Waals surface area contributed by atoms with Crippen molar-refractivity contribution in [3.8, 4) is 0 Å². The molecule has 0 atom stereocenters. The molecular weight excluding hydrogens is 184 g/mol. The highest BCUT2D eigenvalue weighted by Crippen LogP contribution is 2.43. The number of nitrogens with zero attached hydrogens (tertiary/aromatic N) is 1. The van der Waals surface area contributed by atoms with Crippen molar-refractivity contribution in [2.24, 2.45) is 11.1 Å². The molecule has 0 aromatic carbocycles.